The number of piperidine rings is 1. The maximum Gasteiger partial charge on any atom is 0.239 e. The lowest BCUT2D eigenvalue weighted by Gasteiger charge is -2.32. The minimum Gasteiger partial charge on any atom is -0.338 e. The summed E-state index contributed by atoms with van der Waals surface area (Å²) in [4.78, 5) is 19.0. The molecule has 24 heavy (non-hydrogen) atoms. The second-order valence-electron chi connectivity index (χ2n) is 6.74. The Hall–Kier alpha value is -2.15. The molecule has 0 saturated carbocycles. The van der Waals surface area contributed by atoms with Gasteiger partial charge in [-0.2, -0.15) is 5.10 Å². The molecule has 0 unspecified atom stereocenters. The molecule has 0 aliphatic carbocycles. The van der Waals surface area contributed by atoms with E-state index in [0.29, 0.717) is 12.5 Å². The second-order valence-corrected chi connectivity index (χ2v) is 6.74. The van der Waals surface area contributed by atoms with Gasteiger partial charge in [0, 0.05) is 45.5 Å². The van der Waals surface area contributed by atoms with E-state index in [2.05, 4.69) is 24.9 Å². The summed E-state index contributed by atoms with van der Waals surface area (Å²) in [6.07, 6.45) is 7.14. The van der Waals surface area contributed by atoms with Gasteiger partial charge in [-0.15, -0.1) is 0 Å². The van der Waals surface area contributed by atoms with Crippen LogP contribution in [0.5, 0.6) is 0 Å². The molecule has 3 heterocycles. The van der Waals surface area contributed by atoms with E-state index in [-0.39, 0.29) is 5.91 Å². The molecule has 3 rings (SSSR count). The first-order valence-electron chi connectivity index (χ1n) is 8.50. The molecule has 0 radical (unpaired) electrons. The lowest BCUT2D eigenvalue weighted by atomic mass is 9.94. The predicted octanol–water partition coefficient (Wildman–Crippen LogP) is 1.36. The maximum absolute atomic E-state index is 12.3. The molecule has 1 saturated heterocycles. The van der Waals surface area contributed by atoms with Gasteiger partial charge in [0.15, 0.2) is 0 Å². The standard InChI is InChI=1S/C17H26N6O/c1-13-9-16(22(3)20-13)19-17(24)12-23-7-4-5-14(11-23)10-15-18-6-8-21(15)2/h6,8-9,14H,4-5,7,10-12H2,1-3H3,(H,19,24)/t14-/m1/s1. The number of aromatic nitrogens is 4. The number of carbonyl (C=O) groups excluding carboxylic acids is 1. The fourth-order valence-electron chi connectivity index (χ4n) is 3.43. The van der Waals surface area contributed by atoms with Crippen LogP contribution < -0.4 is 5.32 Å². The molecule has 0 aromatic carbocycles. The zero-order valence-electron chi connectivity index (χ0n) is 14.7. The Labute approximate surface area is 142 Å². The van der Waals surface area contributed by atoms with Crippen LogP contribution in [0.25, 0.3) is 0 Å². The summed E-state index contributed by atoms with van der Waals surface area (Å²) in [6, 6.07) is 1.89. The number of aryl methyl sites for hydroxylation is 3. The van der Waals surface area contributed by atoms with E-state index in [1.54, 1.807) is 4.68 Å². The van der Waals surface area contributed by atoms with Crippen LogP contribution in [-0.4, -0.2) is 49.8 Å². The first kappa shape index (κ1) is 16.7. The van der Waals surface area contributed by atoms with E-state index in [9.17, 15) is 4.79 Å². The van der Waals surface area contributed by atoms with Gasteiger partial charge in [0.25, 0.3) is 0 Å². The van der Waals surface area contributed by atoms with E-state index in [1.165, 1.54) is 6.42 Å². The molecule has 1 atom stereocenters. The summed E-state index contributed by atoms with van der Waals surface area (Å²) in [5.74, 6) is 2.46. The molecule has 0 bridgehead atoms. The zero-order valence-corrected chi connectivity index (χ0v) is 14.7. The molecular weight excluding hydrogens is 304 g/mol. The molecule has 1 N–H and O–H groups in total. The molecule has 1 aliphatic heterocycles. The molecule has 2 aromatic rings. The highest BCUT2D eigenvalue weighted by Crippen LogP contribution is 2.20. The van der Waals surface area contributed by atoms with Crippen molar-refractivity contribution in [2.75, 3.05) is 25.0 Å². The monoisotopic (exact) mass is 330 g/mol. The minimum absolute atomic E-state index is 0.0237. The Morgan fingerprint density at radius 3 is 2.92 bits per heavy atom. The number of nitrogens with zero attached hydrogens (tertiary/aromatic N) is 5. The minimum atomic E-state index is 0.0237. The van der Waals surface area contributed by atoms with Crippen molar-refractivity contribution < 1.29 is 4.79 Å². The van der Waals surface area contributed by atoms with Crippen molar-refractivity contribution in [2.45, 2.75) is 26.2 Å². The molecule has 7 heteroatoms. The zero-order chi connectivity index (χ0) is 17.1. The van der Waals surface area contributed by atoms with E-state index in [4.69, 9.17) is 0 Å². The Bertz CT molecular complexity index is 704. The molecule has 2 aromatic heterocycles. The molecule has 1 aliphatic rings. The fourth-order valence-corrected chi connectivity index (χ4v) is 3.43. The number of imidazole rings is 1. The number of anilines is 1. The summed E-state index contributed by atoms with van der Waals surface area (Å²) in [5.41, 5.74) is 0.904. The van der Waals surface area contributed by atoms with E-state index in [1.807, 2.05) is 39.5 Å². The van der Waals surface area contributed by atoms with Gasteiger partial charge in [0.05, 0.1) is 12.2 Å². The number of rotatable bonds is 5. The Morgan fingerprint density at radius 2 is 2.25 bits per heavy atom. The van der Waals surface area contributed by atoms with Crippen molar-refractivity contribution in [2.24, 2.45) is 20.0 Å². The maximum atomic E-state index is 12.3. The first-order chi connectivity index (χ1) is 11.5. The number of carbonyl (C=O) groups is 1. The molecular formula is C17H26N6O. The highest BCUT2D eigenvalue weighted by molar-refractivity contribution is 5.91. The summed E-state index contributed by atoms with van der Waals surface area (Å²) < 4.78 is 3.78. The van der Waals surface area contributed by atoms with Crippen LogP contribution in [0.15, 0.2) is 18.5 Å². The summed E-state index contributed by atoms with van der Waals surface area (Å²) in [7, 11) is 3.87. The number of hydrogen-bond donors (Lipinski definition) is 1. The molecule has 7 nitrogen and oxygen atoms in total. The number of nitrogens with one attached hydrogen (secondary N) is 1. The fraction of sp³-hybridized carbons (Fsp3) is 0.588. The molecule has 130 valence electrons. The van der Waals surface area contributed by atoms with Crippen LogP contribution in [0.2, 0.25) is 0 Å². The average Bonchev–Trinajstić information content (AvgIpc) is 3.05. The Morgan fingerprint density at radius 1 is 1.42 bits per heavy atom. The van der Waals surface area contributed by atoms with Crippen LogP contribution in [0.3, 0.4) is 0 Å². The van der Waals surface area contributed by atoms with Gasteiger partial charge in [-0.05, 0) is 32.2 Å². The van der Waals surface area contributed by atoms with Crippen molar-refractivity contribution in [1.29, 1.82) is 0 Å². The van der Waals surface area contributed by atoms with Gasteiger partial charge in [-0.1, -0.05) is 0 Å². The van der Waals surface area contributed by atoms with Crippen molar-refractivity contribution >= 4 is 11.7 Å². The van der Waals surface area contributed by atoms with Crippen molar-refractivity contribution in [1.82, 2.24) is 24.2 Å². The topological polar surface area (TPSA) is 68.0 Å². The van der Waals surface area contributed by atoms with Crippen LogP contribution >= 0.6 is 0 Å². The van der Waals surface area contributed by atoms with Gasteiger partial charge < -0.3 is 9.88 Å². The molecule has 1 amide bonds. The van der Waals surface area contributed by atoms with Crippen molar-refractivity contribution in [3.05, 3.63) is 30.0 Å². The smallest absolute Gasteiger partial charge is 0.239 e. The van der Waals surface area contributed by atoms with Crippen molar-refractivity contribution in [3.63, 3.8) is 0 Å². The number of amides is 1. The van der Waals surface area contributed by atoms with Crippen LogP contribution in [0, 0.1) is 12.8 Å². The highest BCUT2D eigenvalue weighted by atomic mass is 16.2. The van der Waals surface area contributed by atoms with E-state index < -0.39 is 0 Å². The number of hydrogen-bond acceptors (Lipinski definition) is 4. The molecule has 0 spiro atoms. The van der Waals surface area contributed by atoms with Crippen molar-refractivity contribution in [3.8, 4) is 0 Å². The Balaban J connectivity index is 1.52. The summed E-state index contributed by atoms with van der Waals surface area (Å²) >= 11 is 0. The lowest BCUT2D eigenvalue weighted by Crippen LogP contribution is -2.41. The van der Waals surface area contributed by atoms with E-state index >= 15 is 0 Å². The largest absolute Gasteiger partial charge is 0.338 e. The summed E-state index contributed by atoms with van der Waals surface area (Å²) in [5, 5.41) is 7.20. The first-order valence-corrected chi connectivity index (χ1v) is 8.50. The van der Waals surface area contributed by atoms with Gasteiger partial charge in [0.1, 0.15) is 11.6 Å². The summed E-state index contributed by atoms with van der Waals surface area (Å²) in [6.45, 7) is 4.28. The third-order valence-corrected chi connectivity index (χ3v) is 4.63. The molecule has 1 fully saturated rings. The SMILES string of the molecule is Cc1cc(NC(=O)CN2CCC[C@H](Cc3nccn3C)C2)n(C)n1. The average molecular weight is 330 g/mol. The van der Waals surface area contributed by atoms with Crippen LogP contribution in [0.1, 0.15) is 24.4 Å². The second kappa shape index (κ2) is 7.17. The predicted molar refractivity (Wildman–Crippen MR) is 92.7 cm³/mol. The third-order valence-electron chi connectivity index (χ3n) is 4.63. The van der Waals surface area contributed by atoms with Gasteiger partial charge in [0.2, 0.25) is 5.91 Å². The van der Waals surface area contributed by atoms with Gasteiger partial charge in [-0.3, -0.25) is 14.4 Å². The highest BCUT2D eigenvalue weighted by Gasteiger charge is 2.23. The van der Waals surface area contributed by atoms with Gasteiger partial charge in [-0.25, -0.2) is 4.98 Å². The lowest BCUT2D eigenvalue weighted by molar-refractivity contribution is -0.117. The normalized spacial score (nSPS) is 18.7. The number of likely N-dealkylation sites (tertiary alicyclic amines) is 1. The van der Waals surface area contributed by atoms with Gasteiger partial charge >= 0.3 is 0 Å². The third kappa shape index (κ3) is 4.03. The quantitative estimate of drug-likeness (QED) is 0.899. The Kier molecular flexibility index (Phi) is 4.99. The van der Waals surface area contributed by atoms with E-state index in [0.717, 1.165) is 43.3 Å². The van der Waals surface area contributed by atoms with Crippen LogP contribution in [0.4, 0.5) is 5.82 Å². The van der Waals surface area contributed by atoms with Crippen LogP contribution in [-0.2, 0) is 25.3 Å².